The van der Waals surface area contributed by atoms with Crippen LogP contribution in [0.25, 0.3) is 0 Å². The third-order valence-electron chi connectivity index (χ3n) is 6.12. The first kappa shape index (κ1) is 26.1. The second-order valence-corrected chi connectivity index (χ2v) is 9.33. The molecule has 0 aromatic rings. The molecule has 2 unspecified atom stereocenters. The summed E-state index contributed by atoms with van der Waals surface area (Å²) in [6, 6.07) is 0. The lowest BCUT2D eigenvalue weighted by Gasteiger charge is -2.32. The highest BCUT2D eigenvalue weighted by molar-refractivity contribution is 5.84. The molecule has 5 heteroatoms. The topological polar surface area (TPSA) is 80.7 Å². The fourth-order valence-corrected chi connectivity index (χ4v) is 4.20. The molecule has 0 heterocycles. The maximum absolute atomic E-state index is 12.5. The van der Waals surface area contributed by atoms with Gasteiger partial charge in [0.1, 0.15) is 11.9 Å². The van der Waals surface area contributed by atoms with Gasteiger partial charge in [0.05, 0.1) is 0 Å². The maximum Gasteiger partial charge on any atom is 0.303 e. The van der Waals surface area contributed by atoms with Crippen molar-refractivity contribution in [3.05, 3.63) is 24.3 Å². The first-order chi connectivity index (χ1) is 14.1. The number of ketones is 1. The molecule has 1 aliphatic rings. The number of aliphatic carboxylic acids is 1. The second-order valence-electron chi connectivity index (χ2n) is 9.33. The zero-order valence-corrected chi connectivity index (χ0v) is 19.4. The molecule has 4 atom stereocenters. The number of ether oxygens (including phenoxy) is 1. The van der Waals surface area contributed by atoms with E-state index in [2.05, 4.69) is 33.8 Å². The van der Waals surface area contributed by atoms with Crippen LogP contribution < -0.4 is 0 Å². The van der Waals surface area contributed by atoms with Crippen LogP contribution in [-0.2, 0) is 19.1 Å². The van der Waals surface area contributed by atoms with Gasteiger partial charge in [-0.3, -0.25) is 14.4 Å². The Hall–Kier alpha value is -1.91. The van der Waals surface area contributed by atoms with Crippen molar-refractivity contribution in [2.24, 2.45) is 23.2 Å². The Kier molecular flexibility index (Phi) is 11.1. The summed E-state index contributed by atoms with van der Waals surface area (Å²) in [6.45, 7) is 9.95. The number of carbonyl (C=O) groups is 3. The number of carboxylic acids is 1. The summed E-state index contributed by atoms with van der Waals surface area (Å²) in [5.41, 5.74) is -0.163. The van der Waals surface area contributed by atoms with Crippen LogP contribution in [0.4, 0.5) is 0 Å². The van der Waals surface area contributed by atoms with E-state index in [0.29, 0.717) is 25.7 Å². The first-order valence-electron chi connectivity index (χ1n) is 11.3. The molecule has 170 valence electrons. The summed E-state index contributed by atoms with van der Waals surface area (Å²) < 4.78 is 5.64. The summed E-state index contributed by atoms with van der Waals surface area (Å²) in [4.78, 5) is 34.8. The molecule has 0 bridgehead atoms. The van der Waals surface area contributed by atoms with Gasteiger partial charge in [-0.15, -0.1) is 0 Å². The second kappa shape index (κ2) is 12.7. The van der Waals surface area contributed by atoms with Gasteiger partial charge in [0.25, 0.3) is 0 Å². The van der Waals surface area contributed by atoms with Crippen LogP contribution in [0.3, 0.4) is 0 Å². The van der Waals surface area contributed by atoms with Crippen LogP contribution in [0.5, 0.6) is 0 Å². The van der Waals surface area contributed by atoms with E-state index in [1.807, 2.05) is 18.2 Å². The van der Waals surface area contributed by atoms with Gasteiger partial charge in [0.15, 0.2) is 0 Å². The third-order valence-corrected chi connectivity index (χ3v) is 6.12. The number of allylic oxidation sites excluding steroid dienone is 3. The van der Waals surface area contributed by atoms with Crippen molar-refractivity contribution in [3.8, 4) is 0 Å². The zero-order valence-electron chi connectivity index (χ0n) is 19.4. The van der Waals surface area contributed by atoms with E-state index in [4.69, 9.17) is 9.84 Å². The summed E-state index contributed by atoms with van der Waals surface area (Å²) in [7, 11) is 0. The number of hydrogen-bond acceptors (Lipinski definition) is 4. The Morgan fingerprint density at radius 3 is 2.57 bits per heavy atom. The van der Waals surface area contributed by atoms with Gasteiger partial charge in [-0.05, 0) is 43.6 Å². The van der Waals surface area contributed by atoms with E-state index < -0.39 is 5.97 Å². The van der Waals surface area contributed by atoms with E-state index in [0.717, 1.165) is 19.3 Å². The predicted octanol–water partition coefficient (Wildman–Crippen LogP) is 5.73. The van der Waals surface area contributed by atoms with Gasteiger partial charge in [-0.2, -0.15) is 0 Å². The van der Waals surface area contributed by atoms with Gasteiger partial charge in [-0.25, -0.2) is 0 Å². The van der Waals surface area contributed by atoms with Crippen molar-refractivity contribution in [1.29, 1.82) is 0 Å². The summed E-state index contributed by atoms with van der Waals surface area (Å²) >= 11 is 0. The minimum Gasteiger partial charge on any atom is -0.481 e. The lowest BCUT2D eigenvalue weighted by Crippen LogP contribution is -2.32. The van der Waals surface area contributed by atoms with Crippen LogP contribution >= 0.6 is 0 Å². The molecule has 0 saturated heterocycles. The van der Waals surface area contributed by atoms with E-state index in [1.165, 1.54) is 6.92 Å². The standard InChI is InChI=1S/C25H40O5/c1-6-7-16-25(4,5)23(30-19(3)26)15-14-20-18(2)17-22(27)21(20)12-10-8-9-11-13-24(28)29/h8,10,14-15,18,20-21,23H,6-7,9,11-13,16-17H2,1-5H3,(H,28,29)/b10-8+,15-14+/t18?,20-,21+,23?/m0/s1. The SMILES string of the molecule is CCCCC(C)(C)C(/C=C/[C@H]1C(C)CC(=O)[C@@H]1C/C=C/CCCC(=O)O)OC(C)=O. The lowest BCUT2D eigenvalue weighted by molar-refractivity contribution is -0.149. The van der Waals surface area contributed by atoms with Crippen molar-refractivity contribution in [3.63, 3.8) is 0 Å². The maximum atomic E-state index is 12.5. The highest BCUT2D eigenvalue weighted by Crippen LogP contribution is 2.39. The smallest absolute Gasteiger partial charge is 0.303 e. The zero-order chi connectivity index (χ0) is 22.7. The number of unbranched alkanes of at least 4 members (excludes halogenated alkanes) is 2. The average Bonchev–Trinajstić information content (AvgIpc) is 2.92. The molecule has 1 fully saturated rings. The highest BCUT2D eigenvalue weighted by atomic mass is 16.5. The molecule has 1 aliphatic carbocycles. The summed E-state index contributed by atoms with van der Waals surface area (Å²) in [6.07, 6.45) is 13.6. The minimum absolute atomic E-state index is 0.0660. The first-order valence-corrected chi connectivity index (χ1v) is 11.3. The molecule has 0 spiro atoms. The van der Waals surface area contributed by atoms with Crippen molar-refractivity contribution >= 4 is 17.7 Å². The van der Waals surface area contributed by atoms with Crippen LogP contribution in [0.15, 0.2) is 24.3 Å². The Bertz CT molecular complexity index is 631. The van der Waals surface area contributed by atoms with E-state index in [9.17, 15) is 14.4 Å². The molecule has 1 rings (SSSR count). The van der Waals surface area contributed by atoms with Gasteiger partial charge in [-0.1, -0.05) is 58.8 Å². The number of Topliss-reactive ketones (excluding diaryl/α,β-unsaturated/α-hetero) is 1. The van der Waals surface area contributed by atoms with Crippen molar-refractivity contribution in [1.82, 2.24) is 0 Å². The highest BCUT2D eigenvalue weighted by Gasteiger charge is 2.38. The monoisotopic (exact) mass is 420 g/mol. The quantitative estimate of drug-likeness (QED) is 0.234. The average molecular weight is 421 g/mol. The Balaban J connectivity index is 2.83. The van der Waals surface area contributed by atoms with Crippen molar-refractivity contribution in [2.45, 2.75) is 92.1 Å². The van der Waals surface area contributed by atoms with Crippen molar-refractivity contribution < 1.29 is 24.2 Å². The molecule has 1 N–H and O–H groups in total. The van der Waals surface area contributed by atoms with Crippen LogP contribution in [0, 0.1) is 23.2 Å². The van der Waals surface area contributed by atoms with Gasteiger partial charge < -0.3 is 9.84 Å². The molecule has 1 saturated carbocycles. The Morgan fingerprint density at radius 2 is 1.97 bits per heavy atom. The van der Waals surface area contributed by atoms with E-state index in [1.54, 1.807) is 0 Å². The molecule has 5 nitrogen and oxygen atoms in total. The third kappa shape index (κ3) is 8.85. The largest absolute Gasteiger partial charge is 0.481 e. The lowest BCUT2D eigenvalue weighted by atomic mass is 9.79. The van der Waals surface area contributed by atoms with Crippen LogP contribution in [0.2, 0.25) is 0 Å². The normalized spacial score (nSPS) is 23.4. The number of esters is 1. The number of carbonyl (C=O) groups excluding carboxylic acids is 2. The minimum atomic E-state index is -0.780. The van der Waals surface area contributed by atoms with Gasteiger partial charge in [0, 0.05) is 31.1 Å². The molecule has 30 heavy (non-hydrogen) atoms. The molecule has 0 aromatic heterocycles. The molecule has 0 aromatic carbocycles. The van der Waals surface area contributed by atoms with E-state index in [-0.39, 0.29) is 47.4 Å². The molecule has 0 radical (unpaired) electrons. The summed E-state index contributed by atoms with van der Waals surface area (Å²) in [5, 5.41) is 8.70. The Labute approximate surface area is 182 Å². The van der Waals surface area contributed by atoms with Gasteiger partial charge >= 0.3 is 11.9 Å². The van der Waals surface area contributed by atoms with Crippen LogP contribution in [0.1, 0.15) is 86.0 Å². The summed E-state index contributed by atoms with van der Waals surface area (Å²) in [5.74, 6) is -0.467. The van der Waals surface area contributed by atoms with Gasteiger partial charge in [0.2, 0.25) is 0 Å². The number of hydrogen-bond donors (Lipinski definition) is 1. The number of rotatable bonds is 13. The van der Waals surface area contributed by atoms with E-state index >= 15 is 0 Å². The molecule has 0 amide bonds. The fourth-order valence-electron chi connectivity index (χ4n) is 4.20. The molecular formula is C25H40O5. The Morgan fingerprint density at radius 1 is 1.27 bits per heavy atom. The van der Waals surface area contributed by atoms with Crippen LogP contribution in [-0.4, -0.2) is 28.9 Å². The number of carboxylic acid groups (broad SMARTS) is 1. The fraction of sp³-hybridized carbons (Fsp3) is 0.720. The molecule has 0 aliphatic heterocycles. The molecular weight excluding hydrogens is 380 g/mol. The van der Waals surface area contributed by atoms with Crippen molar-refractivity contribution in [2.75, 3.05) is 0 Å². The predicted molar refractivity (Wildman–Crippen MR) is 119 cm³/mol.